The van der Waals surface area contributed by atoms with Gasteiger partial charge in [0.25, 0.3) is 0 Å². The van der Waals surface area contributed by atoms with Crippen LogP contribution in [0.1, 0.15) is 41.0 Å². The Morgan fingerprint density at radius 2 is 1.83 bits per heavy atom. The fraction of sp³-hybridized carbons (Fsp3) is 0.692. The van der Waals surface area contributed by atoms with Gasteiger partial charge in [-0.1, -0.05) is 19.9 Å². The molecule has 0 bridgehead atoms. The molecule has 1 amide bonds. The number of hydrogen-bond donors (Lipinski definition) is 2. The van der Waals surface area contributed by atoms with Crippen LogP contribution in [0.15, 0.2) is 12.7 Å². The first-order chi connectivity index (χ1) is 7.97. The number of carbonyl (C=O) groups excluding carboxylic acids is 1. The second-order valence-corrected chi connectivity index (χ2v) is 5.93. The molecule has 0 fully saturated rings. The molecule has 0 heterocycles. The minimum absolute atomic E-state index is 0.255. The summed E-state index contributed by atoms with van der Waals surface area (Å²) in [6.07, 6.45) is 1.19. The van der Waals surface area contributed by atoms with Crippen molar-refractivity contribution in [2.45, 2.75) is 52.7 Å². The molecule has 0 aliphatic rings. The highest BCUT2D eigenvalue weighted by molar-refractivity contribution is 5.80. The summed E-state index contributed by atoms with van der Waals surface area (Å²) in [5.74, 6) is -1.09. The summed E-state index contributed by atoms with van der Waals surface area (Å²) in [6.45, 7) is 12.5. The van der Waals surface area contributed by atoms with Gasteiger partial charge in [-0.2, -0.15) is 0 Å². The van der Waals surface area contributed by atoms with E-state index in [9.17, 15) is 9.59 Å². The minimum atomic E-state index is -1.09. The molecule has 1 atom stereocenters. The average Bonchev–Trinajstić information content (AvgIpc) is 2.13. The summed E-state index contributed by atoms with van der Waals surface area (Å²) in [4.78, 5) is 22.6. The molecule has 0 rings (SSSR count). The SMILES string of the molecule is C=CC(C)(C)C[C@H](NC(=O)OC(C)(C)C)C(=O)O. The van der Waals surface area contributed by atoms with Crippen LogP contribution in [-0.2, 0) is 9.53 Å². The van der Waals surface area contributed by atoms with Crippen LogP contribution >= 0.6 is 0 Å². The molecule has 0 aromatic carbocycles. The van der Waals surface area contributed by atoms with E-state index in [-0.39, 0.29) is 11.8 Å². The maximum Gasteiger partial charge on any atom is 0.408 e. The van der Waals surface area contributed by atoms with Gasteiger partial charge < -0.3 is 15.2 Å². The van der Waals surface area contributed by atoms with Crippen molar-refractivity contribution in [2.24, 2.45) is 5.41 Å². The molecule has 0 aliphatic carbocycles. The second-order valence-electron chi connectivity index (χ2n) is 5.93. The number of carboxylic acid groups (broad SMARTS) is 1. The third-order valence-corrected chi connectivity index (χ3v) is 2.27. The van der Waals surface area contributed by atoms with E-state index in [4.69, 9.17) is 9.84 Å². The standard InChI is InChI=1S/C13H23NO4/c1-7-13(5,6)8-9(10(15)16)14-11(17)18-12(2,3)4/h7,9H,1,8H2,2-6H3,(H,14,17)(H,15,16)/t9-/m0/s1. The van der Waals surface area contributed by atoms with Gasteiger partial charge in [0.15, 0.2) is 0 Å². The Kier molecular flexibility index (Phi) is 5.39. The lowest BCUT2D eigenvalue weighted by atomic mass is 9.86. The van der Waals surface area contributed by atoms with Crippen LogP contribution in [-0.4, -0.2) is 28.8 Å². The maximum absolute atomic E-state index is 11.5. The number of rotatable bonds is 5. The number of ether oxygens (including phenoxy) is 1. The minimum Gasteiger partial charge on any atom is -0.480 e. The average molecular weight is 257 g/mol. The number of aliphatic carboxylic acids is 1. The van der Waals surface area contributed by atoms with Crippen LogP contribution in [0.5, 0.6) is 0 Å². The van der Waals surface area contributed by atoms with Crippen LogP contribution in [0.3, 0.4) is 0 Å². The number of carboxylic acids is 1. The Morgan fingerprint density at radius 3 is 2.17 bits per heavy atom. The highest BCUT2D eigenvalue weighted by atomic mass is 16.6. The number of amides is 1. The Labute approximate surface area is 108 Å². The second kappa shape index (κ2) is 5.89. The lowest BCUT2D eigenvalue weighted by molar-refractivity contribution is -0.140. The molecule has 104 valence electrons. The van der Waals surface area contributed by atoms with Crippen LogP contribution in [0.2, 0.25) is 0 Å². The third-order valence-electron chi connectivity index (χ3n) is 2.27. The first-order valence-electron chi connectivity index (χ1n) is 5.83. The fourth-order valence-electron chi connectivity index (χ4n) is 1.26. The summed E-state index contributed by atoms with van der Waals surface area (Å²) in [7, 11) is 0. The zero-order chi connectivity index (χ0) is 14.6. The van der Waals surface area contributed by atoms with Crippen LogP contribution < -0.4 is 5.32 Å². The van der Waals surface area contributed by atoms with E-state index < -0.39 is 23.7 Å². The van der Waals surface area contributed by atoms with Crippen molar-refractivity contribution in [3.05, 3.63) is 12.7 Å². The molecule has 0 unspecified atom stereocenters. The molecular formula is C13H23NO4. The van der Waals surface area contributed by atoms with E-state index in [1.807, 2.05) is 13.8 Å². The van der Waals surface area contributed by atoms with Gasteiger partial charge in [-0.3, -0.25) is 0 Å². The van der Waals surface area contributed by atoms with E-state index in [0.717, 1.165) is 0 Å². The summed E-state index contributed by atoms with van der Waals surface area (Å²) >= 11 is 0. The Balaban J connectivity index is 4.61. The van der Waals surface area contributed by atoms with Crippen LogP contribution in [0, 0.1) is 5.41 Å². The van der Waals surface area contributed by atoms with Gasteiger partial charge in [-0.05, 0) is 32.6 Å². The quantitative estimate of drug-likeness (QED) is 0.742. The van der Waals surface area contributed by atoms with Gasteiger partial charge in [0, 0.05) is 0 Å². The third kappa shape index (κ3) is 6.93. The lowest BCUT2D eigenvalue weighted by Gasteiger charge is -2.26. The van der Waals surface area contributed by atoms with E-state index in [0.29, 0.717) is 0 Å². The normalized spacial score (nSPS) is 13.6. The first-order valence-corrected chi connectivity index (χ1v) is 5.83. The first kappa shape index (κ1) is 16.5. The molecule has 0 saturated carbocycles. The van der Waals surface area contributed by atoms with Gasteiger partial charge in [-0.15, -0.1) is 6.58 Å². The van der Waals surface area contributed by atoms with Crippen molar-refractivity contribution in [3.8, 4) is 0 Å². The summed E-state index contributed by atoms with van der Waals surface area (Å²) in [6, 6.07) is -0.993. The molecule has 0 radical (unpaired) electrons. The van der Waals surface area contributed by atoms with Crippen molar-refractivity contribution in [3.63, 3.8) is 0 Å². The number of allylic oxidation sites excluding steroid dienone is 1. The smallest absolute Gasteiger partial charge is 0.408 e. The largest absolute Gasteiger partial charge is 0.480 e. The number of carbonyl (C=O) groups is 2. The molecule has 5 heteroatoms. The Bertz CT molecular complexity index is 328. The van der Waals surface area contributed by atoms with Crippen LogP contribution in [0.4, 0.5) is 4.79 Å². The predicted molar refractivity (Wildman–Crippen MR) is 69.4 cm³/mol. The molecule has 18 heavy (non-hydrogen) atoms. The van der Waals surface area contributed by atoms with E-state index in [2.05, 4.69) is 11.9 Å². The number of hydrogen-bond acceptors (Lipinski definition) is 3. The zero-order valence-corrected chi connectivity index (χ0v) is 11.7. The predicted octanol–water partition coefficient (Wildman–Crippen LogP) is 2.57. The van der Waals surface area contributed by atoms with Crippen molar-refractivity contribution in [2.75, 3.05) is 0 Å². The van der Waals surface area contributed by atoms with E-state index >= 15 is 0 Å². The van der Waals surface area contributed by atoms with Crippen LogP contribution in [0.25, 0.3) is 0 Å². The van der Waals surface area contributed by atoms with E-state index in [1.165, 1.54) is 0 Å². The van der Waals surface area contributed by atoms with Crippen molar-refractivity contribution >= 4 is 12.1 Å². The fourth-order valence-corrected chi connectivity index (χ4v) is 1.26. The van der Waals surface area contributed by atoms with Crippen molar-refractivity contribution in [1.29, 1.82) is 0 Å². The molecule has 0 aromatic rings. The Morgan fingerprint density at radius 1 is 1.33 bits per heavy atom. The molecule has 0 spiro atoms. The Hall–Kier alpha value is -1.52. The van der Waals surface area contributed by atoms with Gasteiger partial charge in [0.1, 0.15) is 11.6 Å². The summed E-state index contributed by atoms with van der Waals surface area (Å²) in [5.41, 5.74) is -1.03. The van der Waals surface area contributed by atoms with Crippen molar-refractivity contribution < 1.29 is 19.4 Å². The molecule has 5 nitrogen and oxygen atoms in total. The van der Waals surface area contributed by atoms with Gasteiger partial charge >= 0.3 is 12.1 Å². The molecule has 2 N–H and O–H groups in total. The topological polar surface area (TPSA) is 75.6 Å². The molecule has 0 aromatic heterocycles. The summed E-state index contributed by atoms with van der Waals surface area (Å²) < 4.78 is 5.03. The zero-order valence-electron chi connectivity index (χ0n) is 11.7. The number of alkyl carbamates (subject to hydrolysis) is 1. The number of nitrogens with one attached hydrogen (secondary N) is 1. The molecule has 0 aliphatic heterocycles. The highest BCUT2D eigenvalue weighted by Crippen LogP contribution is 2.23. The van der Waals surface area contributed by atoms with Crippen molar-refractivity contribution in [1.82, 2.24) is 5.32 Å². The highest BCUT2D eigenvalue weighted by Gasteiger charge is 2.28. The summed E-state index contributed by atoms with van der Waals surface area (Å²) in [5, 5.41) is 11.4. The molecule has 0 saturated heterocycles. The van der Waals surface area contributed by atoms with Gasteiger partial charge in [0.2, 0.25) is 0 Å². The van der Waals surface area contributed by atoms with Gasteiger partial charge in [0.05, 0.1) is 0 Å². The maximum atomic E-state index is 11.5. The lowest BCUT2D eigenvalue weighted by Crippen LogP contribution is -2.45. The van der Waals surface area contributed by atoms with E-state index in [1.54, 1.807) is 26.8 Å². The monoisotopic (exact) mass is 257 g/mol. The molecular weight excluding hydrogens is 234 g/mol. The van der Waals surface area contributed by atoms with Gasteiger partial charge in [-0.25, -0.2) is 9.59 Å².